The van der Waals surface area contributed by atoms with Crippen LogP contribution in [0.3, 0.4) is 0 Å². The Kier molecular flexibility index (Phi) is 3.19. The Balaban J connectivity index is 2.73. The fraction of sp³-hybridized carbons (Fsp3) is 0.533. The predicted molar refractivity (Wildman–Crippen MR) is 78.1 cm³/mol. The number of rotatable bonds is 2. The maximum atomic E-state index is 4.88. The van der Waals surface area contributed by atoms with Gasteiger partial charge < -0.3 is 0 Å². The monoisotopic (exact) mass is 293 g/mol. The van der Waals surface area contributed by atoms with Crippen molar-refractivity contribution in [3.05, 3.63) is 35.4 Å². The van der Waals surface area contributed by atoms with Crippen molar-refractivity contribution in [2.24, 2.45) is 4.99 Å². The quantitative estimate of drug-likeness (QED) is 0.744. The van der Waals surface area contributed by atoms with E-state index < -0.39 is 0 Å². The zero-order valence-electron chi connectivity index (χ0n) is 11.0. The van der Waals surface area contributed by atoms with Gasteiger partial charge in [-0.1, -0.05) is 38.1 Å². The number of benzene rings is 1. The Morgan fingerprint density at radius 1 is 1.06 bits per heavy atom. The Hall–Kier alpha value is -0.630. The van der Waals surface area contributed by atoms with Crippen molar-refractivity contribution >= 4 is 20.6 Å². The number of halogens is 1. The van der Waals surface area contributed by atoms with Gasteiger partial charge in [-0.3, -0.25) is 4.99 Å². The standard InChI is InChI=1S/C15H20BrN/c1-5-15(6-2)12-10-8-7-9-11(12)14(3,4)17-13(15)16/h7-10H,5-6H2,1-4H3. The summed E-state index contributed by atoms with van der Waals surface area (Å²) in [6.45, 7) is 8.86. The van der Waals surface area contributed by atoms with Crippen molar-refractivity contribution in [1.29, 1.82) is 0 Å². The number of hydrogen-bond donors (Lipinski definition) is 0. The molecule has 1 nitrogen and oxygen atoms in total. The van der Waals surface area contributed by atoms with Crippen LogP contribution in [-0.2, 0) is 11.0 Å². The molecule has 1 heterocycles. The van der Waals surface area contributed by atoms with Gasteiger partial charge >= 0.3 is 0 Å². The molecule has 1 aromatic rings. The topological polar surface area (TPSA) is 12.4 Å². The zero-order chi connectivity index (χ0) is 12.7. The van der Waals surface area contributed by atoms with Crippen LogP contribution in [0.25, 0.3) is 0 Å². The molecule has 0 fully saturated rings. The normalized spacial score (nSPS) is 20.6. The molecular formula is C15H20BrN. The highest BCUT2D eigenvalue weighted by Gasteiger charge is 2.42. The van der Waals surface area contributed by atoms with E-state index in [1.54, 1.807) is 0 Å². The second kappa shape index (κ2) is 4.24. The van der Waals surface area contributed by atoms with Gasteiger partial charge in [0.15, 0.2) is 0 Å². The van der Waals surface area contributed by atoms with Crippen LogP contribution < -0.4 is 0 Å². The van der Waals surface area contributed by atoms with Gasteiger partial charge in [0.1, 0.15) is 0 Å². The summed E-state index contributed by atoms with van der Waals surface area (Å²) in [5.74, 6) is 0. The molecule has 0 unspecified atom stereocenters. The summed E-state index contributed by atoms with van der Waals surface area (Å²) in [4.78, 5) is 4.88. The summed E-state index contributed by atoms with van der Waals surface area (Å²) in [5.41, 5.74) is 2.76. The highest BCUT2D eigenvalue weighted by Crippen LogP contribution is 2.46. The molecule has 2 heteroatoms. The first-order chi connectivity index (χ1) is 7.98. The molecule has 17 heavy (non-hydrogen) atoms. The average Bonchev–Trinajstić information content (AvgIpc) is 2.30. The van der Waals surface area contributed by atoms with E-state index in [4.69, 9.17) is 4.99 Å². The summed E-state index contributed by atoms with van der Waals surface area (Å²) in [6.07, 6.45) is 2.17. The Morgan fingerprint density at radius 3 is 2.12 bits per heavy atom. The maximum Gasteiger partial charge on any atom is 0.0890 e. The van der Waals surface area contributed by atoms with Crippen LogP contribution in [0.4, 0.5) is 0 Å². The minimum absolute atomic E-state index is 0.0755. The molecule has 1 aliphatic heterocycles. The van der Waals surface area contributed by atoms with Crippen LogP contribution in [0, 0.1) is 0 Å². The van der Waals surface area contributed by atoms with Crippen molar-refractivity contribution < 1.29 is 0 Å². The Morgan fingerprint density at radius 2 is 1.59 bits per heavy atom. The molecule has 0 amide bonds. The lowest BCUT2D eigenvalue weighted by Gasteiger charge is -2.41. The smallest absolute Gasteiger partial charge is 0.0890 e. The molecule has 0 saturated carbocycles. The third-order valence-electron chi connectivity index (χ3n) is 4.08. The van der Waals surface area contributed by atoms with Crippen molar-refractivity contribution in [2.45, 2.75) is 51.5 Å². The second-order valence-corrected chi connectivity index (χ2v) is 6.05. The van der Waals surface area contributed by atoms with Crippen molar-refractivity contribution in [2.75, 3.05) is 0 Å². The van der Waals surface area contributed by atoms with E-state index in [9.17, 15) is 0 Å². The molecule has 0 spiro atoms. The first-order valence-corrected chi connectivity index (χ1v) is 7.13. The summed E-state index contributed by atoms with van der Waals surface area (Å²) < 4.78 is 1.11. The number of fused-ring (bicyclic) bond motifs is 1. The highest BCUT2D eigenvalue weighted by atomic mass is 79.9. The minimum Gasteiger partial charge on any atom is -0.271 e. The summed E-state index contributed by atoms with van der Waals surface area (Å²) in [6, 6.07) is 8.74. The van der Waals surface area contributed by atoms with Gasteiger partial charge in [0, 0.05) is 5.41 Å². The third kappa shape index (κ3) is 1.77. The van der Waals surface area contributed by atoms with E-state index in [0.717, 1.165) is 17.5 Å². The predicted octanol–water partition coefficient (Wildman–Crippen LogP) is 4.79. The van der Waals surface area contributed by atoms with Gasteiger partial charge in [0.2, 0.25) is 0 Å². The number of nitrogens with zero attached hydrogens (tertiary/aromatic N) is 1. The minimum atomic E-state index is -0.122. The molecule has 1 aliphatic rings. The SMILES string of the molecule is CCC1(CC)C(Br)=NC(C)(C)c2ccccc21. The number of hydrogen-bond acceptors (Lipinski definition) is 1. The highest BCUT2D eigenvalue weighted by molar-refractivity contribution is 9.18. The molecule has 0 aromatic heterocycles. The van der Waals surface area contributed by atoms with E-state index in [1.165, 1.54) is 11.1 Å². The summed E-state index contributed by atoms with van der Waals surface area (Å²) in [5, 5.41) is 0. The van der Waals surface area contributed by atoms with E-state index in [0.29, 0.717) is 0 Å². The molecule has 92 valence electrons. The Labute approximate surface area is 112 Å². The van der Waals surface area contributed by atoms with Crippen molar-refractivity contribution in [3.63, 3.8) is 0 Å². The van der Waals surface area contributed by atoms with Crippen LogP contribution in [0.15, 0.2) is 29.3 Å². The summed E-state index contributed by atoms with van der Waals surface area (Å²) in [7, 11) is 0. The first kappa shape index (κ1) is 12.8. The lowest BCUT2D eigenvalue weighted by atomic mass is 9.69. The van der Waals surface area contributed by atoms with Crippen LogP contribution in [0.1, 0.15) is 51.7 Å². The summed E-state index contributed by atoms with van der Waals surface area (Å²) >= 11 is 3.73. The van der Waals surface area contributed by atoms with Crippen LogP contribution in [0.5, 0.6) is 0 Å². The van der Waals surface area contributed by atoms with E-state index in [1.807, 2.05) is 0 Å². The largest absolute Gasteiger partial charge is 0.271 e. The number of aliphatic imine (C=N–C) groups is 1. The van der Waals surface area contributed by atoms with E-state index in [2.05, 4.69) is 67.9 Å². The lowest BCUT2D eigenvalue weighted by Crippen LogP contribution is -2.40. The molecule has 0 bridgehead atoms. The maximum absolute atomic E-state index is 4.88. The van der Waals surface area contributed by atoms with Gasteiger partial charge in [-0.15, -0.1) is 0 Å². The van der Waals surface area contributed by atoms with Gasteiger partial charge in [0.25, 0.3) is 0 Å². The molecule has 2 rings (SSSR count). The van der Waals surface area contributed by atoms with Gasteiger partial charge in [0.05, 0.1) is 10.2 Å². The first-order valence-electron chi connectivity index (χ1n) is 6.33. The molecule has 0 aliphatic carbocycles. The van der Waals surface area contributed by atoms with E-state index >= 15 is 0 Å². The van der Waals surface area contributed by atoms with Gasteiger partial charge in [-0.25, -0.2) is 0 Å². The fourth-order valence-corrected chi connectivity index (χ4v) is 4.10. The lowest BCUT2D eigenvalue weighted by molar-refractivity contribution is 0.462. The van der Waals surface area contributed by atoms with Gasteiger partial charge in [-0.2, -0.15) is 0 Å². The van der Waals surface area contributed by atoms with Crippen molar-refractivity contribution in [1.82, 2.24) is 0 Å². The van der Waals surface area contributed by atoms with Crippen molar-refractivity contribution in [3.8, 4) is 0 Å². The van der Waals surface area contributed by atoms with Gasteiger partial charge in [-0.05, 0) is 53.7 Å². The average molecular weight is 294 g/mol. The Bertz CT molecular complexity index is 456. The van der Waals surface area contributed by atoms with Crippen LogP contribution >= 0.6 is 15.9 Å². The molecule has 1 aromatic carbocycles. The second-order valence-electron chi connectivity index (χ2n) is 5.30. The molecule has 0 N–H and O–H groups in total. The fourth-order valence-electron chi connectivity index (χ4n) is 2.88. The molecular weight excluding hydrogens is 274 g/mol. The van der Waals surface area contributed by atoms with Crippen LogP contribution in [0.2, 0.25) is 0 Å². The van der Waals surface area contributed by atoms with Crippen LogP contribution in [-0.4, -0.2) is 4.62 Å². The van der Waals surface area contributed by atoms with E-state index in [-0.39, 0.29) is 11.0 Å². The molecule has 0 saturated heterocycles. The zero-order valence-corrected chi connectivity index (χ0v) is 12.6. The third-order valence-corrected chi connectivity index (χ3v) is 5.02. The molecule has 0 radical (unpaired) electrons. The molecule has 0 atom stereocenters.